The molecule has 0 fully saturated rings. The number of nitro groups is 1. The van der Waals surface area contributed by atoms with E-state index in [4.69, 9.17) is 0 Å². The zero-order chi connectivity index (χ0) is 17.0. The molecule has 0 bridgehead atoms. The Bertz CT molecular complexity index is 1320. The fourth-order valence-corrected chi connectivity index (χ4v) is 3.90. The molecule has 5 aromatic carbocycles. The molecule has 0 heterocycles. The van der Waals surface area contributed by atoms with Crippen LogP contribution in [0.5, 0.6) is 0 Å². The Balaban J connectivity index is 2.22. The van der Waals surface area contributed by atoms with Crippen molar-refractivity contribution < 1.29 is 4.92 Å². The number of fused-ring (bicyclic) bond motifs is 8. The van der Waals surface area contributed by atoms with Crippen molar-refractivity contribution in [3.8, 4) is 0 Å². The molecule has 3 nitrogen and oxygen atoms in total. The minimum absolute atomic E-state index is 0.156. The molecule has 0 aliphatic rings. The Labute approximate surface area is 143 Å². The monoisotopic (exact) mass is 323 g/mol. The lowest BCUT2D eigenvalue weighted by molar-refractivity contribution is -0.382. The lowest BCUT2D eigenvalue weighted by Crippen LogP contribution is -1.92. The van der Waals surface area contributed by atoms with Crippen molar-refractivity contribution >= 4 is 48.8 Å². The molecule has 0 aliphatic heterocycles. The van der Waals surface area contributed by atoms with Gasteiger partial charge in [-0.3, -0.25) is 10.1 Å². The Morgan fingerprint density at radius 1 is 0.560 bits per heavy atom. The SMILES string of the molecule is O=[N+]([O-])c1cc2c3ccccc3c3ccccc3c2c2ccccc12. The van der Waals surface area contributed by atoms with Crippen molar-refractivity contribution in [1.29, 1.82) is 0 Å². The van der Waals surface area contributed by atoms with Crippen LogP contribution in [-0.4, -0.2) is 4.92 Å². The molecule has 118 valence electrons. The molecule has 3 heteroatoms. The Morgan fingerprint density at radius 3 is 1.52 bits per heavy atom. The molecule has 0 atom stereocenters. The highest BCUT2D eigenvalue weighted by Crippen LogP contribution is 2.41. The van der Waals surface area contributed by atoms with Gasteiger partial charge < -0.3 is 0 Å². The Hall–Kier alpha value is -3.46. The van der Waals surface area contributed by atoms with Gasteiger partial charge in [-0.1, -0.05) is 66.7 Å². The highest BCUT2D eigenvalue weighted by molar-refractivity contribution is 6.32. The zero-order valence-corrected chi connectivity index (χ0v) is 13.3. The van der Waals surface area contributed by atoms with Gasteiger partial charge in [0.25, 0.3) is 5.69 Å². The molecule has 25 heavy (non-hydrogen) atoms. The number of rotatable bonds is 1. The smallest absolute Gasteiger partial charge is 0.258 e. The molecule has 5 aromatic rings. The van der Waals surface area contributed by atoms with Crippen LogP contribution in [0.4, 0.5) is 5.69 Å². The van der Waals surface area contributed by atoms with Crippen LogP contribution in [0.1, 0.15) is 0 Å². The summed E-state index contributed by atoms with van der Waals surface area (Å²) in [5.74, 6) is 0. The van der Waals surface area contributed by atoms with Crippen molar-refractivity contribution in [3.63, 3.8) is 0 Å². The van der Waals surface area contributed by atoms with Crippen LogP contribution in [0, 0.1) is 10.1 Å². The summed E-state index contributed by atoms with van der Waals surface area (Å²) in [7, 11) is 0. The maximum absolute atomic E-state index is 11.7. The predicted octanol–water partition coefficient (Wildman–Crippen LogP) is 6.21. The number of hydrogen-bond donors (Lipinski definition) is 0. The van der Waals surface area contributed by atoms with Crippen LogP contribution in [-0.2, 0) is 0 Å². The van der Waals surface area contributed by atoms with Crippen molar-refractivity contribution in [2.24, 2.45) is 0 Å². The third-order valence-corrected chi connectivity index (χ3v) is 4.92. The fraction of sp³-hybridized carbons (Fsp3) is 0. The Kier molecular flexibility index (Phi) is 2.80. The van der Waals surface area contributed by atoms with Crippen LogP contribution in [0.3, 0.4) is 0 Å². The number of nitro benzene ring substituents is 1. The molecule has 0 spiro atoms. The van der Waals surface area contributed by atoms with Gasteiger partial charge in [0, 0.05) is 6.07 Å². The third kappa shape index (κ3) is 1.86. The van der Waals surface area contributed by atoms with Crippen LogP contribution in [0.15, 0.2) is 78.9 Å². The van der Waals surface area contributed by atoms with Gasteiger partial charge in [0.2, 0.25) is 0 Å². The molecule has 0 N–H and O–H groups in total. The van der Waals surface area contributed by atoms with Gasteiger partial charge >= 0.3 is 0 Å². The first-order valence-electron chi connectivity index (χ1n) is 8.15. The maximum Gasteiger partial charge on any atom is 0.277 e. The van der Waals surface area contributed by atoms with Gasteiger partial charge in [0.05, 0.1) is 10.3 Å². The highest BCUT2D eigenvalue weighted by atomic mass is 16.6. The average Bonchev–Trinajstić information content (AvgIpc) is 2.67. The summed E-state index contributed by atoms with van der Waals surface area (Å²) >= 11 is 0. The number of hydrogen-bond acceptors (Lipinski definition) is 2. The number of non-ortho nitro benzene ring substituents is 1. The summed E-state index contributed by atoms with van der Waals surface area (Å²) in [5, 5.41) is 19.7. The summed E-state index contributed by atoms with van der Waals surface area (Å²) in [4.78, 5) is 11.4. The largest absolute Gasteiger partial charge is 0.277 e. The standard InChI is InChI=1S/C22H13NO2/c24-23(25)21-13-20-16-9-2-1-7-14(16)15-8-3-5-11-18(15)22(20)19-12-6-4-10-17(19)21/h1-13H. The minimum Gasteiger partial charge on any atom is -0.258 e. The molecule has 0 radical (unpaired) electrons. The highest BCUT2D eigenvalue weighted by Gasteiger charge is 2.18. The second-order valence-corrected chi connectivity index (χ2v) is 6.21. The lowest BCUT2D eigenvalue weighted by atomic mass is 9.90. The van der Waals surface area contributed by atoms with Crippen molar-refractivity contribution in [3.05, 3.63) is 89.0 Å². The molecular formula is C22H13NO2. The van der Waals surface area contributed by atoms with Gasteiger partial charge in [-0.15, -0.1) is 0 Å². The zero-order valence-electron chi connectivity index (χ0n) is 13.3. The van der Waals surface area contributed by atoms with E-state index in [9.17, 15) is 10.1 Å². The van der Waals surface area contributed by atoms with Gasteiger partial charge in [-0.05, 0) is 43.8 Å². The average molecular weight is 323 g/mol. The maximum atomic E-state index is 11.7. The summed E-state index contributed by atoms with van der Waals surface area (Å²) in [6.45, 7) is 0. The van der Waals surface area contributed by atoms with Crippen LogP contribution >= 0.6 is 0 Å². The first kappa shape index (κ1) is 13.9. The quantitative estimate of drug-likeness (QED) is 0.209. The van der Waals surface area contributed by atoms with Crippen LogP contribution < -0.4 is 0 Å². The molecule has 0 aromatic heterocycles. The molecule has 0 saturated carbocycles. The summed E-state index contributed by atoms with van der Waals surface area (Å²) in [6, 6.07) is 25.7. The van der Waals surface area contributed by atoms with Crippen molar-refractivity contribution in [1.82, 2.24) is 0 Å². The van der Waals surface area contributed by atoms with Gasteiger partial charge in [-0.25, -0.2) is 0 Å². The van der Waals surface area contributed by atoms with E-state index in [2.05, 4.69) is 18.2 Å². The second kappa shape index (κ2) is 5.02. The molecule has 5 rings (SSSR count). The molecular weight excluding hydrogens is 310 g/mol. The van der Waals surface area contributed by atoms with E-state index in [1.807, 2.05) is 54.6 Å². The van der Waals surface area contributed by atoms with E-state index in [1.54, 1.807) is 6.07 Å². The van der Waals surface area contributed by atoms with Crippen LogP contribution in [0.25, 0.3) is 43.1 Å². The van der Waals surface area contributed by atoms with E-state index in [0.717, 1.165) is 32.3 Å². The van der Waals surface area contributed by atoms with Crippen molar-refractivity contribution in [2.75, 3.05) is 0 Å². The molecule has 0 aliphatic carbocycles. The van der Waals surface area contributed by atoms with E-state index in [1.165, 1.54) is 5.39 Å². The van der Waals surface area contributed by atoms with Gasteiger partial charge in [0.15, 0.2) is 0 Å². The molecule has 0 unspecified atom stereocenters. The van der Waals surface area contributed by atoms with Crippen molar-refractivity contribution in [2.45, 2.75) is 0 Å². The normalized spacial score (nSPS) is 11.5. The van der Waals surface area contributed by atoms with Gasteiger partial charge in [0.1, 0.15) is 0 Å². The van der Waals surface area contributed by atoms with Crippen LogP contribution in [0.2, 0.25) is 0 Å². The minimum atomic E-state index is -0.286. The predicted molar refractivity (Wildman–Crippen MR) is 103 cm³/mol. The van der Waals surface area contributed by atoms with Gasteiger partial charge in [-0.2, -0.15) is 0 Å². The van der Waals surface area contributed by atoms with E-state index in [-0.39, 0.29) is 10.6 Å². The van der Waals surface area contributed by atoms with E-state index >= 15 is 0 Å². The summed E-state index contributed by atoms with van der Waals surface area (Å²) < 4.78 is 0. The fourth-order valence-electron chi connectivity index (χ4n) is 3.90. The molecule has 0 saturated heterocycles. The first-order valence-corrected chi connectivity index (χ1v) is 8.15. The number of nitrogens with zero attached hydrogens (tertiary/aromatic N) is 1. The topological polar surface area (TPSA) is 43.1 Å². The summed E-state index contributed by atoms with van der Waals surface area (Å²) in [6.07, 6.45) is 0. The van der Waals surface area contributed by atoms with E-state index in [0.29, 0.717) is 5.39 Å². The lowest BCUT2D eigenvalue weighted by Gasteiger charge is -2.13. The Morgan fingerprint density at radius 2 is 0.960 bits per heavy atom. The third-order valence-electron chi connectivity index (χ3n) is 4.92. The molecule has 0 amide bonds. The second-order valence-electron chi connectivity index (χ2n) is 6.21. The van der Waals surface area contributed by atoms with E-state index < -0.39 is 0 Å². The summed E-state index contributed by atoms with van der Waals surface area (Å²) in [5.41, 5.74) is 0.156. The number of benzene rings is 5. The first-order chi connectivity index (χ1) is 12.3.